The predicted molar refractivity (Wildman–Crippen MR) is 73.4 cm³/mol. The van der Waals surface area contributed by atoms with E-state index in [4.69, 9.17) is 14.2 Å². The van der Waals surface area contributed by atoms with E-state index >= 15 is 0 Å². The molecule has 2 aliphatic rings. The molecule has 21 heavy (non-hydrogen) atoms. The molecule has 5 heteroatoms. The zero-order chi connectivity index (χ0) is 14.9. The van der Waals surface area contributed by atoms with Gasteiger partial charge in [0.2, 0.25) is 5.78 Å². The van der Waals surface area contributed by atoms with Crippen LogP contribution in [0.4, 0.5) is 0 Å². The van der Waals surface area contributed by atoms with Gasteiger partial charge in [0.1, 0.15) is 11.7 Å². The fourth-order valence-electron chi connectivity index (χ4n) is 2.39. The number of ketones is 1. The Morgan fingerprint density at radius 1 is 1.38 bits per heavy atom. The molecule has 5 nitrogen and oxygen atoms in total. The lowest BCUT2D eigenvalue weighted by Crippen LogP contribution is -2.42. The molecule has 110 valence electrons. The van der Waals surface area contributed by atoms with Crippen LogP contribution in [0, 0.1) is 0 Å². The molecule has 1 spiro atoms. The van der Waals surface area contributed by atoms with E-state index in [-0.39, 0.29) is 12.4 Å². The zero-order valence-corrected chi connectivity index (χ0v) is 11.7. The van der Waals surface area contributed by atoms with Crippen LogP contribution in [0.2, 0.25) is 0 Å². The maximum absolute atomic E-state index is 12.4. The van der Waals surface area contributed by atoms with E-state index in [2.05, 4.69) is 0 Å². The van der Waals surface area contributed by atoms with Gasteiger partial charge in [0, 0.05) is 0 Å². The van der Waals surface area contributed by atoms with E-state index in [0.29, 0.717) is 12.9 Å². The molecule has 3 rings (SSSR count). The molecule has 0 aromatic heterocycles. The average Bonchev–Trinajstić information content (AvgIpc) is 3.01. The summed E-state index contributed by atoms with van der Waals surface area (Å²) < 4.78 is 16.6. The largest absolute Gasteiger partial charge is 0.361 e. The average molecular weight is 288 g/mol. The van der Waals surface area contributed by atoms with E-state index in [1.54, 1.807) is 13.0 Å². The number of rotatable bonds is 4. The number of ether oxygens (including phenoxy) is 3. The number of carbonyl (C=O) groups is 2. The van der Waals surface area contributed by atoms with Gasteiger partial charge in [-0.15, -0.1) is 0 Å². The van der Waals surface area contributed by atoms with Crippen LogP contribution in [-0.4, -0.2) is 36.2 Å². The van der Waals surface area contributed by atoms with Crippen LogP contribution < -0.4 is 0 Å². The molecule has 1 fully saturated rings. The minimum atomic E-state index is -1.48. The predicted octanol–water partition coefficient (Wildman–Crippen LogP) is 1.41. The van der Waals surface area contributed by atoms with E-state index in [1.807, 2.05) is 30.3 Å². The number of hydrogen-bond acceptors (Lipinski definition) is 5. The summed E-state index contributed by atoms with van der Waals surface area (Å²) in [4.78, 5) is 23.4. The third-order valence-electron chi connectivity index (χ3n) is 3.57. The molecule has 0 radical (unpaired) electrons. The van der Waals surface area contributed by atoms with Crippen molar-refractivity contribution in [2.75, 3.05) is 6.61 Å². The second-order valence-electron chi connectivity index (χ2n) is 5.43. The van der Waals surface area contributed by atoms with Crippen LogP contribution in [0.3, 0.4) is 0 Å². The number of Topliss-reactive ketones (excluding diaryl/α,β-unsaturated/α-hetero) is 1. The molecule has 0 saturated carbocycles. The summed E-state index contributed by atoms with van der Waals surface area (Å²) in [6.45, 7) is 1.97. The van der Waals surface area contributed by atoms with E-state index in [1.165, 1.54) is 6.08 Å². The number of benzene rings is 1. The third-order valence-corrected chi connectivity index (χ3v) is 3.57. The first-order valence-electron chi connectivity index (χ1n) is 6.77. The van der Waals surface area contributed by atoms with Gasteiger partial charge in [0.05, 0.1) is 13.2 Å². The van der Waals surface area contributed by atoms with Crippen molar-refractivity contribution < 1.29 is 23.8 Å². The van der Waals surface area contributed by atoms with E-state index < -0.39 is 17.5 Å². The van der Waals surface area contributed by atoms with Gasteiger partial charge >= 0.3 is 0 Å². The minimum Gasteiger partial charge on any atom is -0.361 e. The highest BCUT2D eigenvalue weighted by molar-refractivity contribution is 5.97. The van der Waals surface area contributed by atoms with Crippen LogP contribution in [0.5, 0.6) is 0 Å². The van der Waals surface area contributed by atoms with Crippen molar-refractivity contribution in [3.63, 3.8) is 0 Å². The summed E-state index contributed by atoms with van der Waals surface area (Å²) in [6, 6.07) is 9.58. The smallest absolute Gasteiger partial charge is 0.253 e. The maximum Gasteiger partial charge on any atom is 0.253 e. The Kier molecular flexibility index (Phi) is 3.49. The van der Waals surface area contributed by atoms with Gasteiger partial charge in [0.15, 0.2) is 6.29 Å². The van der Waals surface area contributed by atoms with Crippen molar-refractivity contribution in [1.82, 2.24) is 0 Å². The van der Waals surface area contributed by atoms with Crippen molar-refractivity contribution in [2.45, 2.75) is 31.0 Å². The van der Waals surface area contributed by atoms with Gasteiger partial charge < -0.3 is 19.0 Å². The molecular weight excluding hydrogens is 272 g/mol. The Balaban J connectivity index is 1.65. The minimum absolute atomic E-state index is 0.0536. The molecular formula is C16H16O5. The topological polar surface area (TPSA) is 61.8 Å². The lowest BCUT2D eigenvalue weighted by atomic mass is 10.1. The summed E-state index contributed by atoms with van der Waals surface area (Å²) in [5.41, 5.74) is -0.112. The second-order valence-corrected chi connectivity index (χ2v) is 5.43. The van der Waals surface area contributed by atoms with Crippen molar-refractivity contribution >= 4 is 12.1 Å². The molecule has 0 N–H and O–H groups in total. The lowest BCUT2D eigenvalue weighted by molar-refractivity contribution is -0.179. The Hall–Kier alpha value is -1.82. The van der Waals surface area contributed by atoms with Gasteiger partial charge in [-0.1, -0.05) is 30.3 Å². The number of hydrogen-bond donors (Lipinski definition) is 0. The second kappa shape index (κ2) is 5.18. The van der Waals surface area contributed by atoms with E-state index in [0.717, 1.165) is 5.56 Å². The molecule has 1 aliphatic heterocycles. The Bertz CT molecular complexity index is 582. The van der Waals surface area contributed by atoms with Crippen molar-refractivity contribution in [1.29, 1.82) is 0 Å². The standard InChI is InChI=1S/C16H16O5/c1-15(10-17)11-20-16(21-15)8-7-13(14(16)18)19-9-12-5-3-2-4-6-12/h2-8,10,13H,9,11H2,1H3/t13-,15?,16?/m1/s1. The van der Waals surface area contributed by atoms with Gasteiger partial charge in [-0.05, 0) is 24.6 Å². The number of carbonyl (C=O) groups excluding carboxylic acids is 2. The Morgan fingerprint density at radius 2 is 2.14 bits per heavy atom. The monoisotopic (exact) mass is 288 g/mol. The SMILES string of the molecule is CC1(C=O)COC2(C=C[C@@H](OCc3ccccc3)C2=O)O1. The summed E-state index contributed by atoms with van der Waals surface area (Å²) in [7, 11) is 0. The molecule has 1 aromatic rings. The highest BCUT2D eigenvalue weighted by Gasteiger charge is 2.56. The van der Waals surface area contributed by atoms with Crippen LogP contribution in [0.15, 0.2) is 42.5 Å². The molecule has 1 saturated heterocycles. The van der Waals surface area contributed by atoms with Crippen LogP contribution in [0.1, 0.15) is 12.5 Å². The highest BCUT2D eigenvalue weighted by atomic mass is 16.8. The molecule has 1 aliphatic carbocycles. The quantitative estimate of drug-likeness (QED) is 0.619. The number of aldehydes is 1. The molecule has 1 heterocycles. The third kappa shape index (κ3) is 2.55. The van der Waals surface area contributed by atoms with Gasteiger partial charge in [-0.2, -0.15) is 0 Å². The molecule has 0 bridgehead atoms. The summed E-state index contributed by atoms with van der Waals surface area (Å²) >= 11 is 0. The summed E-state index contributed by atoms with van der Waals surface area (Å²) in [5.74, 6) is -1.80. The fraction of sp³-hybridized carbons (Fsp3) is 0.375. The van der Waals surface area contributed by atoms with E-state index in [9.17, 15) is 9.59 Å². The van der Waals surface area contributed by atoms with Gasteiger partial charge in [-0.3, -0.25) is 4.79 Å². The van der Waals surface area contributed by atoms with Crippen molar-refractivity contribution in [3.05, 3.63) is 48.0 Å². The summed E-state index contributed by atoms with van der Waals surface area (Å²) in [5, 5.41) is 0. The molecule has 0 amide bonds. The summed E-state index contributed by atoms with van der Waals surface area (Å²) in [6.07, 6.45) is 3.07. The van der Waals surface area contributed by atoms with Crippen LogP contribution >= 0.6 is 0 Å². The molecule has 3 atom stereocenters. The van der Waals surface area contributed by atoms with Gasteiger partial charge in [-0.25, -0.2) is 0 Å². The lowest BCUT2D eigenvalue weighted by Gasteiger charge is -2.22. The Morgan fingerprint density at radius 3 is 2.81 bits per heavy atom. The van der Waals surface area contributed by atoms with Crippen LogP contribution in [0.25, 0.3) is 0 Å². The normalized spacial score (nSPS) is 34.7. The fourth-order valence-corrected chi connectivity index (χ4v) is 2.39. The van der Waals surface area contributed by atoms with Crippen LogP contribution in [-0.2, 0) is 30.4 Å². The molecule has 2 unspecified atom stereocenters. The maximum atomic E-state index is 12.4. The first-order valence-corrected chi connectivity index (χ1v) is 6.77. The first kappa shape index (κ1) is 14.1. The molecule has 1 aromatic carbocycles. The Labute approximate surface area is 122 Å². The first-order chi connectivity index (χ1) is 10.1. The highest BCUT2D eigenvalue weighted by Crippen LogP contribution is 2.37. The van der Waals surface area contributed by atoms with Gasteiger partial charge in [0.25, 0.3) is 5.79 Å². The van der Waals surface area contributed by atoms with Crippen molar-refractivity contribution in [3.8, 4) is 0 Å². The van der Waals surface area contributed by atoms with Crippen molar-refractivity contribution in [2.24, 2.45) is 0 Å². The zero-order valence-electron chi connectivity index (χ0n) is 11.7.